The highest BCUT2D eigenvalue weighted by atomic mass is 19.1. The van der Waals surface area contributed by atoms with Crippen LogP contribution in [-0.2, 0) is 0 Å². The summed E-state index contributed by atoms with van der Waals surface area (Å²) >= 11 is 0. The van der Waals surface area contributed by atoms with Crippen LogP contribution in [-0.4, -0.2) is 16.6 Å². The van der Waals surface area contributed by atoms with Gasteiger partial charge in [0.15, 0.2) is 0 Å². The predicted octanol–water partition coefficient (Wildman–Crippen LogP) is 4.39. The number of halogens is 1. The van der Waals surface area contributed by atoms with Crippen LogP contribution in [0.4, 0.5) is 4.39 Å². The van der Waals surface area contributed by atoms with Crippen LogP contribution in [0.1, 0.15) is 5.56 Å². The Hall–Kier alpha value is -3.52. The van der Waals surface area contributed by atoms with Crippen molar-refractivity contribution in [2.75, 3.05) is 6.61 Å². The molecule has 0 unspecified atom stereocenters. The molecule has 0 saturated carbocycles. The zero-order valence-electron chi connectivity index (χ0n) is 13.3. The van der Waals surface area contributed by atoms with Crippen molar-refractivity contribution in [2.24, 2.45) is 0 Å². The van der Waals surface area contributed by atoms with Crippen LogP contribution in [0.25, 0.3) is 22.5 Å². The third-order valence-electron chi connectivity index (χ3n) is 3.52. The lowest BCUT2D eigenvalue weighted by atomic mass is 10.00. The van der Waals surface area contributed by atoms with E-state index in [9.17, 15) is 9.65 Å². The van der Waals surface area contributed by atoms with Crippen molar-refractivity contribution < 1.29 is 9.13 Å². The molecule has 2 heterocycles. The van der Waals surface area contributed by atoms with E-state index in [1.54, 1.807) is 30.5 Å². The number of ether oxygens (including phenoxy) is 1. The fourth-order valence-corrected chi connectivity index (χ4v) is 2.37. The first-order chi connectivity index (χ1) is 12.2. The van der Waals surface area contributed by atoms with Crippen LogP contribution < -0.4 is 4.74 Å². The Bertz CT molecular complexity index is 932. The second kappa shape index (κ2) is 7.37. The van der Waals surface area contributed by atoms with E-state index in [0.29, 0.717) is 22.5 Å². The third-order valence-corrected chi connectivity index (χ3v) is 3.52. The number of benzene rings is 1. The number of rotatable bonds is 5. The lowest BCUT2D eigenvalue weighted by Gasteiger charge is -2.12. The molecule has 3 rings (SSSR count). The normalized spacial score (nSPS) is 10.1. The highest BCUT2D eigenvalue weighted by molar-refractivity contribution is 5.77. The average molecular weight is 331 g/mol. The van der Waals surface area contributed by atoms with Gasteiger partial charge in [-0.3, -0.25) is 4.98 Å². The van der Waals surface area contributed by atoms with E-state index in [2.05, 4.69) is 22.6 Å². The monoisotopic (exact) mass is 331 g/mol. The van der Waals surface area contributed by atoms with Crippen LogP contribution in [0, 0.1) is 17.1 Å². The number of nitriles is 1. The van der Waals surface area contributed by atoms with E-state index in [0.717, 1.165) is 0 Å². The number of hydrogen-bond donors (Lipinski definition) is 0. The van der Waals surface area contributed by atoms with Gasteiger partial charge >= 0.3 is 0 Å². The summed E-state index contributed by atoms with van der Waals surface area (Å²) in [5.74, 6) is -0.144. The Morgan fingerprint density at radius 2 is 1.96 bits per heavy atom. The van der Waals surface area contributed by atoms with Gasteiger partial charge < -0.3 is 4.74 Å². The zero-order chi connectivity index (χ0) is 17.6. The topological polar surface area (TPSA) is 58.8 Å². The average Bonchev–Trinajstić information content (AvgIpc) is 2.67. The van der Waals surface area contributed by atoms with E-state index in [-0.39, 0.29) is 23.9 Å². The van der Waals surface area contributed by atoms with Gasteiger partial charge in [-0.1, -0.05) is 30.9 Å². The van der Waals surface area contributed by atoms with Gasteiger partial charge in [0.05, 0.1) is 11.4 Å². The Kier molecular flexibility index (Phi) is 4.82. The zero-order valence-corrected chi connectivity index (χ0v) is 13.3. The molecule has 3 aromatic rings. The molecule has 0 bridgehead atoms. The third kappa shape index (κ3) is 3.54. The van der Waals surface area contributed by atoms with Crippen LogP contribution >= 0.6 is 0 Å². The van der Waals surface area contributed by atoms with Crippen molar-refractivity contribution >= 4 is 0 Å². The maximum absolute atomic E-state index is 13.3. The van der Waals surface area contributed by atoms with Crippen molar-refractivity contribution in [3.05, 3.63) is 78.8 Å². The van der Waals surface area contributed by atoms with Gasteiger partial charge in [-0.05, 0) is 35.9 Å². The molecule has 0 amide bonds. The molecule has 0 fully saturated rings. The number of nitrogens with zero attached hydrogens (tertiary/aromatic N) is 3. The Morgan fingerprint density at radius 3 is 2.60 bits per heavy atom. The fourth-order valence-electron chi connectivity index (χ4n) is 2.37. The molecule has 5 heteroatoms. The second-order valence-corrected chi connectivity index (χ2v) is 5.17. The molecule has 0 radical (unpaired) electrons. The first-order valence-corrected chi connectivity index (χ1v) is 7.59. The molecule has 2 aromatic heterocycles. The van der Waals surface area contributed by atoms with Crippen LogP contribution in [0.2, 0.25) is 0 Å². The molecular formula is C20H14FN3O. The van der Waals surface area contributed by atoms with Gasteiger partial charge in [-0.25, -0.2) is 9.37 Å². The molecule has 122 valence electrons. The number of hydrogen-bond acceptors (Lipinski definition) is 4. The summed E-state index contributed by atoms with van der Waals surface area (Å²) in [5, 5.41) is 9.59. The molecule has 0 aliphatic rings. The smallest absolute Gasteiger partial charge is 0.233 e. The summed E-state index contributed by atoms with van der Waals surface area (Å²) in [6.07, 6.45) is 3.24. The molecule has 1 aromatic carbocycles. The summed E-state index contributed by atoms with van der Waals surface area (Å²) in [6.45, 7) is 3.83. The molecule has 0 N–H and O–H groups in total. The number of pyridine rings is 2. The minimum Gasteiger partial charge on any atom is -0.472 e. The summed E-state index contributed by atoms with van der Waals surface area (Å²) < 4.78 is 18.8. The second-order valence-electron chi connectivity index (χ2n) is 5.17. The predicted molar refractivity (Wildman–Crippen MR) is 93.3 cm³/mol. The van der Waals surface area contributed by atoms with E-state index in [1.165, 1.54) is 12.1 Å². The van der Waals surface area contributed by atoms with E-state index >= 15 is 0 Å². The molecule has 0 saturated heterocycles. The van der Waals surface area contributed by atoms with Crippen molar-refractivity contribution in [1.82, 2.24) is 9.97 Å². The quantitative estimate of drug-likeness (QED) is 0.651. The summed E-state index contributed by atoms with van der Waals surface area (Å²) in [5.41, 5.74) is 2.81. The number of aromatic nitrogens is 2. The first kappa shape index (κ1) is 16.3. The Labute approximate surface area is 144 Å². The first-order valence-electron chi connectivity index (χ1n) is 7.59. The van der Waals surface area contributed by atoms with E-state index in [4.69, 9.17) is 4.74 Å². The largest absolute Gasteiger partial charge is 0.472 e. The molecular weight excluding hydrogens is 317 g/mol. The van der Waals surface area contributed by atoms with Crippen molar-refractivity contribution in [3.63, 3.8) is 0 Å². The van der Waals surface area contributed by atoms with E-state index in [1.807, 2.05) is 18.2 Å². The molecule has 0 atom stereocenters. The van der Waals surface area contributed by atoms with Gasteiger partial charge in [-0.2, -0.15) is 5.26 Å². The fraction of sp³-hybridized carbons (Fsp3) is 0.0500. The van der Waals surface area contributed by atoms with Crippen molar-refractivity contribution in [2.45, 2.75) is 0 Å². The van der Waals surface area contributed by atoms with Gasteiger partial charge in [-0.15, -0.1) is 0 Å². The standard InChI is InChI=1S/C20H14FN3O/c1-2-11-25-20-17(13-22)16(14-6-8-15(21)9-7-14)12-19(24-20)18-5-3-4-10-23-18/h2-10,12H,1,11H2. The molecule has 0 aliphatic heterocycles. The van der Waals surface area contributed by atoms with Crippen molar-refractivity contribution in [3.8, 4) is 34.5 Å². The van der Waals surface area contributed by atoms with Gasteiger partial charge in [0.25, 0.3) is 0 Å². The molecule has 0 spiro atoms. The minimum atomic E-state index is -0.343. The van der Waals surface area contributed by atoms with Gasteiger partial charge in [0, 0.05) is 11.8 Å². The summed E-state index contributed by atoms with van der Waals surface area (Å²) in [7, 11) is 0. The maximum Gasteiger partial charge on any atom is 0.233 e. The van der Waals surface area contributed by atoms with Crippen LogP contribution in [0.15, 0.2) is 67.4 Å². The summed E-state index contributed by atoms with van der Waals surface area (Å²) in [4.78, 5) is 8.72. The highest BCUT2D eigenvalue weighted by Crippen LogP contribution is 2.33. The highest BCUT2D eigenvalue weighted by Gasteiger charge is 2.16. The van der Waals surface area contributed by atoms with Gasteiger partial charge in [0.1, 0.15) is 24.1 Å². The van der Waals surface area contributed by atoms with Crippen LogP contribution in [0.3, 0.4) is 0 Å². The lowest BCUT2D eigenvalue weighted by Crippen LogP contribution is -2.02. The molecule has 25 heavy (non-hydrogen) atoms. The lowest BCUT2D eigenvalue weighted by molar-refractivity contribution is 0.348. The molecule has 0 aliphatic carbocycles. The van der Waals surface area contributed by atoms with Gasteiger partial charge in [0.2, 0.25) is 5.88 Å². The van der Waals surface area contributed by atoms with Crippen molar-refractivity contribution in [1.29, 1.82) is 5.26 Å². The van der Waals surface area contributed by atoms with Crippen LogP contribution in [0.5, 0.6) is 5.88 Å². The van der Waals surface area contributed by atoms with E-state index < -0.39 is 0 Å². The minimum absolute atomic E-state index is 0.199. The SMILES string of the molecule is C=CCOc1nc(-c2ccccn2)cc(-c2ccc(F)cc2)c1C#N. The Morgan fingerprint density at radius 1 is 1.16 bits per heavy atom. The Balaban J connectivity index is 2.22. The molecule has 4 nitrogen and oxygen atoms in total. The maximum atomic E-state index is 13.3. The summed E-state index contributed by atoms with van der Waals surface area (Å²) in [6, 6.07) is 15.3.